The maximum absolute atomic E-state index is 10.4. The fourth-order valence-electron chi connectivity index (χ4n) is 1.33. The molecule has 1 saturated heterocycles. The lowest BCUT2D eigenvalue weighted by Crippen LogP contribution is -2.28. The van der Waals surface area contributed by atoms with Crippen LogP contribution in [0.1, 0.15) is 12.8 Å². The van der Waals surface area contributed by atoms with Gasteiger partial charge in [0.1, 0.15) is 0 Å². The van der Waals surface area contributed by atoms with Gasteiger partial charge in [-0.1, -0.05) is 0 Å². The van der Waals surface area contributed by atoms with E-state index in [-0.39, 0.29) is 0 Å². The van der Waals surface area contributed by atoms with Gasteiger partial charge < -0.3 is 10.2 Å². The van der Waals surface area contributed by atoms with Crippen LogP contribution in [0.3, 0.4) is 0 Å². The van der Waals surface area contributed by atoms with E-state index in [9.17, 15) is 4.57 Å². The Morgan fingerprint density at radius 1 is 1.50 bits per heavy atom. The summed E-state index contributed by atoms with van der Waals surface area (Å²) >= 11 is 0. The molecule has 0 aliphatic carbocycles. The third kappa shape index (κ3) is 2.82. The van der Waals surface area contributed by atoms with Crippen LogP contribution in [-0.4, -0.2) is 24.1 Å². The van der Waals surface area contributed by atoms with E-state index in [0.717, 1.165) is 25.9 Å². The smallest absolute Gasteiger partial charge is 0.189 e. The van der Waals surface area contributed by atoms with Crippen molar-refractivity contribution in [2.75, 3.05) is 19.3 Å². The van der Waals surface area contributed by atoms with E-state index < -0.39 is 8.03 Å². The van der Waals surface area contributed by atoms with Gasteiger partial charge >= 0.3 is 0 Å². The summed E-state index contributed by atoms with van der Waals surface area (Å²) < 4.78 is 10.4. The Bertz CT molecular complexity index is 123. The van der Waals surface area contributed by atoms with Crippen molar-refractivity contribution in [1.82, 2.24) is 5.32 Å². The molecule has 0 aromatic rings. The van der Waals surface area contributed by atoms with Crippen LogP contribution in [0.25, 0.3) is 0 Å². The van der Waals surface area contributed by atoms with Crippen molar-refractivity contribution >= 4 is 8.03 Å². The Morgan fingerprint density at radius 3 is 2.60 bits per heavy atom. The molecule has 1 unspecified atom stereocenters. The highest BCUT2D eigenvalue weighted by atomic mass is 31.1. The first kappa shape index (κ1) is 8.25. The summed E-state index contributed by atoms with van der Waals surface area (Å²) in [5.74, 6) is 0.498. The van der Waals surface area contributed by atoms with Crippen LogP contribution in [0.4, 0.5) is 0 Å². The lowest BCUT2D eigenvalue weighted by molar-refractivity contribution is 0.393. The molecule has 1 rings (SSSR count). The largest absolute Gasteiger partial charge is 0.346 e. The maximum Gasteiger partial charge on any atom is 0.189 e. The van der Waals surface area contributed by atoms with Gasteiger partial charge in [0, 0.05) is 6.16 Å². The second-order valence-corrected chi connectivity index (χ2v) is 3.99. The zero-order chi connectivity index (χ0) is 7.40. The molecule has 1 aliphatic heterocycles. The topological polar surface area (TPSA) is 49.3 Å². The summed E-state index contributed by atoms with van der Waals surface area (Å²) in [4.78, 5) is 8.63. The quantitative estimate of drug-likeness (QED) is 0.581. The van der Waals surface area contributed by atoms with Gasteiger partial charge in [-0.25, -0.2) is 0 Å². The van der Waals surface area contributed by atoms with Crippen LogP contribution in [0, 0.1) is 5.92 Å². The van der Waals surface area contributed by atoms with Crippen LogP contribution in [-0.2, 0) is 4.57 Å². The van der Waals surface area contributed by atoms with Crippen molar-refractivity contribution in [2.45, 2.75) is 12.8 Å². The van der Waals surface area contributed by atoms with Gasteiger partial charge in [-0.05, 0) is 31.8 Å². The number of nitrogens with one attached hydrogen (secondary N) is 1. The summed E-state index contributed by atoms with van der Waals surface area (Å²) in [5, 5.41) is 3.22. The summed E-state index contributed by atoms with van der Waals surface area (Å²) in [6.07, 6.45) is 2.67. The molecule has 0 aromatic carbocycles. The zero-order valence-corrected chi connectivity index (χ0v) is 6.97. The monoisotopic (exact) mass is 163 g/mol. The number of hydrogen-bond acceptors (Lipinski definition) is 2. The minimum atomic E-state index is -2.21. The molecule has 3 nitrogen and oxygen atoms in total. The molecule has 0 aromatic heterocycles. The average molecular weight is 163 g/mol. The highest BCUT2D eigenvalue weighted by Crippen LogP contribution is 2.23. The summed E-state index contributed by atoms with van der Waals surface area (Å²) in [6.45, 7) is 2.03. The summed E-state index contributed by atoms with van der Waals surface area (Å²) in [6, 6.07) is 0. The Labute approximate surface area is 61.7 Å². The highest BCUT2D eigenvalue weighted by Gasteiger charge is 2.14. The first-order valence-electron chi connectivity index (χ1n) is 3.71. The van der Waals surface area contributed by atoms with E-state index in [1.165, 1.54) is 0 Å². The second-order valence-electron chi connectivity index (χ2n) is 2.79. The predicted molar refractivity (Wildman–Crippen MR) is 41.7 cm³/mol. The van der Waals surface area contributed by atoms with Crippen molar-refractivity contribution < 1.29 is 9.46 Å². The van der Waals surface area contributed by atoms with Gasteiger partial charge in [0.25, 0.3) is 0 Å². The molecule has 4 heteroatoms. The van der Waals surface area contributed by atoms with Crippen molar-refractivity contribution in [1.29, 1.82) is 0 Å². The fraction of sp³-hybridized carbons (Fsp3) is 1.00. The predicted octanol–water partition coefficient (Wildman–Crippen LogP) is 0.453. The van der Waals surface area contributed by atoms with Crippen LogP contribution < -0.4 is 5.32 Å². The molecule has 1 heterocycles. The molecular weight excluding hydrogens is 149 g/mol. The molecule has 0 amide bonds. The third-order valence-corrected chi connectivity index (χ3v) is 2.85. The number of hydrogen-bond donors (Lipinski definition) is 2. The van der Waals surface area contributed by atoms with Gasteiger partial charge in [-0.15, -0.1) is 0 Å². The fourth-order valence-corrected chi connectivity index (χ4v) is 2.23. The first-order valence-corrected chi connectivity index (χ1v) is 5.28. The average Bonchev–Trinajstić information content (AvgIpc) is 1.88. The standard InChI is InChI=1S/C6H14NO2P/c8-10(9)5-6-1-3-7-4-2-6/h6-7,10H,1-5H2,(H,8,9). The third-order valence-electron chi connectivity index (χ3n) is 1.92. The van der Waals surface area contributed by atoms with Crippen molar-refractivity contribution in [3.63, 3.8) is 0 Å². The molecule has 60 valence electrons. The Balaban J connectivity index is 2.19. The van der Waals surface area contributed by atoms with Crippen LogP contribution in [0.5, 0.6) is 0 Å². The normalized spacial score (nSPS) is 24.5. The second kappa shape index (κ2) is 4.12. The number of rotatable bonds is 2. The molecule has 1 aliphatic rings. The van der Waals surface area contributed by atoms with Gasteiger partial charge in [0.2, 0.25) is 0 Å². The molecule has 2 N–H and O–H groups in total. The van der Waals surface area contributed by atoms with Gasteiger partial charge in [0.15, 0.2) is 8.03 Å². The van der Waals surface area contributed by atoms with Crippen molar-refractivity contribution in [3.8, 4) is 0 Å². The van der Waals surface area contributed by atoms with Crippen molar-refractivity contribution in [2.24, 2.45) is 5.92 Å². The lowest BCUT2D eigenvalue weighted by atomic mass is 10.0. The Morgan fingerprint density at radius 2 is 2.10 bits per heavy atom. The van der Waals surface area contributed by atoms with E-state index in [2.05, 4.69) is 5.32 Å². The Kier molecular flexibility index (Phi) is 3.40. The Hall–Kier alpha value is 0.150. The molecule has 0 radical (unpaired) electrons. The van der Waals surface area contributed by atoms with E-state index in [0.29, 0.717) is 12.1 Å². The zero-order valence-electron chi connectivity index (χ0n) is 5.97. The molecule has 0 spiro atoms. The van der Waals surface area contributed by atoms with Gasteiger partial charge in [-0.3, -0.25) is 4.57 Å². The van der Waals surface area contributed by atoms with Crippen LogP contribution in [0.2, 0.25) is 0 Å². The van der Waals surface area contributed by atoms with Crippen LogP contribution in [0.15, 0.2) is 0 Å². The molecule has 1 atom stereocenters. The summed E-state index contributed by atoms with van der Waals surface area (Å²) in [7, 11) is -2.21. The van der Waals surface area contributed by atoms with E-state index in [1.807, 2.05) is 0 Å². The molecule has 0 saturated carbocycles. The highest BCUT2D eigenvalue weighted by molar-refractivity contribution is 7.38. The SMILES string of the molecule is O=[PH](O)CC1CCNCC1. The van der Waals surface area contributed by atoms with E-state index in [1.54, 1.807) is 0 Å². The molecule has 10 heavy (non-hydrogen) atoms. The number of piperidine rings is 1. The lowest BCUT2D eigenvalue weighted by Gasteiger charge is -2.20. The minimum Gasteiger partial charge on any atom is -0.346 e. The van der Waals surface area contributed by atoms with Gasteiger partial charge in [-0.2, -0.15) is 0 Å². The molecule has 0 bridgehead atoms. The first-order chi connectivity index (χ1) is 4.79. The molecule has 1 fully saturated rings. The minimum absolute atomic E-state index is 0.498. The maximum atomic E-state index is 10.4. The summed E-state index contributed by atoms with van der Waals surface area (Å²) in [5.41, 5.74) is 0. The van der Waals surface area contributed by atoms with E-state index in [4.69, 9.17) is 4.89 Å². The van der Waals surface area contributed by atoms with Crippen molar-refractivity contribution in [3.05, 3.63) is 0 Å². The van der Waals surface area contributed by atoms with Gasteiger partial charge in [0.05, 0.1) is 0 Å². The van der Waals surface area contributed by atoms with E-state index >= 15 is 0 Å². The molecular formula is C6H14NO2P. The van der Waals surface area contributed by atoms with Crippen LogP contribution >= 0.6 is 8.03 Å².